The summed E-state index contributed by atoms with van der Waals surface area (Å²) >= 11 is 0. The minimum atomic E-state index is -1.02. The van der Waals surface area contributed by atoms with Gasteiger partial charge in [-0.05, 0) is 45.8 Å². The second kappa shape index (κ2) is 18.1. The second-order valence-corrected chi connectivity index (χ2v) is 7.19. The van der Waals surface area contributed by atoms with E-state index >= 15 is 0 Å². The van der Waals surface area contributed by atoms with Crippen LogP contribution >= 0.6 is 0 Å². The third-order valence-electron chi connectivity index (χ3n) is 5.29. The standard InChI is InChI=1S/C14H12O4.C13H10O4.2CH4.Li.2H2O/c1-17-13(15)11-7-8-12(14(16)18-2)10-6-4-3-5-9(10)11;1-17-13(16)11-7-6-10(12(14)15)8-4-2-3-5-9(8)11;;;;;/h3-8H,1-2H3;2-7H,1H3,(H,14,15);2*1H4;;2*1H2/q;;;;+1;;/p-1. The van der Waals surface area contributed by atoms with Gasteiger partial charge in [-0.25, -0.2) is 19.2 Å². The van der Waals surface area contributed by atoms with Crippen LogP contribution in [0.15, 0.2) is 72.8 Å². The van der Waals surface area contributed by atoms with E-state index in [1.807, 2.05) is 0 Å². The first-order valence-electron chi connectivity index (χ1n) is 10.4. The van der Waals surface area contributed by atoms with Gasteiger partial charge in [0.25, 0.3) is 0 Å². The molecule has 10 nitrogen and oxygen atoms in total. The van der Waals surface area contributed by atoms with Gasteiger partial charge in [0, 0.05) is 0 Å². The van der Waals surface area contributed by atoms with Crippen LogP contribution in [-0.2, 0) is 14.2 Å². The molecule has 0 fully saturated rings. The molecule has 0 heterocycles. The summed E-state index contributed by atoms with van der Waals surface area (Å²) in [7, 11) is 3.94. The number of hydrogen-bond donors (Lipinski definition) is 1. The Labute approximate surface area is 244 Å². The Bertz CT molecular complexity index is 1400. The number of ether oxygens (including phenoxy) is 3. The Kier molecular flexibility index (Phi) is 18.3. The van der Waals surface area contributed by atoms with E-state index in [0.717, 1.165) is 0 Å². The normalized spacial score (nSPS) is 8.88. The van der Waals surface area contributed by atoms with Crippen LogP contribution in [0.2, 0.25) is 0 Å². The fraction of sp³-hybridized carbons (Fsp3) is 0.172. The fourth-order valence-corrected chi connectivity index (χ4v) is 3.65. The van der Waals surface area contributed by atoms with E-state index in [0.29, 0.717) is 38.2 Å². The molecule has 0 radical (unpaired) electrons. The number of hydrogen-bond acceptors (Lipinski definition) is 8. The molecule has 0 atom stereocenters. The molecule has 0 aliphatic heterocycles. The summed E-state index contributed by atoms with van der Waals surface area (Å²) in [5.41, 5.74) is 1.41. The zero-order valence-corrected chi connectivity index (χ0v) is 21.2. The Morgan fingerprint density at radius 3 is 0.975 bits per heavy atom. The van der Waals surface area contributed by atoms with Crippen molar-refractivity contribution in [1.82, 2.24) is 0 Å². The van der Waals surface area contributed by atoms with Crippen LogP contribution in [0.5, 0.6) is 0 Å². The molecule has 0 bridgehead atoms. The summed E-state index contributed by atoms with van der Waals surface area (Å²) in [5, 5.41) is 11.5. The molecule has 210 valence electrons. The van der Waals surface area contributed by atoms with Gasteiger partial charge < -0.3 is 30.3 Å². The van der Waals surface area contributed by atoms with Gasteiger partial charge in [-0.3, -0.25) is 0 Å². The number of rotatable bonds is 4. The van der Waals surface area contributed by atoms with E-state index in [9.17, 15) is 19.2 Å². The predicted octanol–water partition coefficient (Wildman–Crippen LogP) is 2.01. The van der Waals surface area contributed by atoms with Crippen molar-refractivity contribution in [2.45, 2.75) is 14.9 Å². The first kappa shape index (κ1) is 40.3. The van der Waals surface area contributed by atoms with Crippen LogP contribution < -0.4 is 18.9 Å². The summed E-state index contributed by atoms with van der Waals surface area (Å²) in [6, 6.07) is 20.0. The van der Waals surface area contributed by atoms with Crippen LogP contribution in [0.4, 0.5) is 0 Å². The van der Waals surface area contributed by atoms with Crippen molar-refractivity contribution in [3.63, 3.8) is 0 Å². The topological polar surface area (TPSA) is 178 Å². The van der Waals surface area contributed by atoms with Crippen molar-refractivity contribution >= 4 is 45.4 Å². The molecule has 11 heteroatoms. The smallest absolute Gasteiger partial charge is 0.870 e. The Morgan fingerprint density at radius 2 is 0.750 bits per heavy atom. The molecule has 4 rings (SSSR count). The maximum Gasteiger partial charge on any atom is 1.00 e. The molecule has 0 aliphatic rings. The molecule has 40 heavy (non-hydrogen) atoms. The minimum Gasteiger partial charge on any atom is -0.870 e. The number of carbonyl (C=O) groups excluding carboxylic acids is 3. The van der Waals surface area contributed by atoms with Gasteiger partial charge in [-0.2, -0.15) is 0 Å². The summed E-state index contributed by atoms with van der Waals surface area (Å²) in [6.07, 6.45) is 0. The largest absolute Gasteiger partial charge is 1.00 e. The average molecular weight is 549 g/mol. The number of fused-ring (bicyclic) bond motifs is 2. The third-order valence-corrected chi connectivity index (χ3v) is 5.29. The molecule has 0 amide bonds. The zero-order valence-electron chi connectivity index (χ0n) is 21.2. The van der Waals surface area contributed by atoms with Crippen LogP contribution in [0.25, 0.3) is 21.5 Å². The van der Waals surface area contributed by atoms with E-state index in [-0.39, 0.29) is 50.2 Å². The quantitative estimate of drug-likeness (QED) is 0.227. The van der Waals surface area contributed by atoms with Gasteiger partial charge in [-0.15, -0.1) is 0 Å². The molecule has 0 spiro atoms. The Balaban J connectivity index is -0.000000609. The Morgan fingerprint density at radius 1 is 0.525 bits per heavy atom. The van der Waals surface area contributed by atoms with E-state index < -0.39 is 23.9 Å². The summed E-state index contributed by atoms with van der Waals surface area (Å²) in [4.78, 5) is 45.9. The molecule has 4 aromatic carbocycles. The number of carboxylic acids is 1. The molecule has 0 saturated heterocycles. The van der Waals surface area contributed by atoms with Crippen LogP contribution in [0.1, 0.15) is 56.3 Å². The molecular weight excluding hydrogens is 515 g/mol. The fourth-order valence-electron chi connectivity index (χ4n) is 3.65. The van der Waals surface area contributed by atoms with Crippen molar-refractivity contribution in [3.05, 3.63) is 95.1 Å². The molecule has 0 saturated carbocycles. The molecule has 0 aromatic heterocycles. The number of carboxylic acid groups (broad SMARTS) is 1. The van der Waals surface area contributed by atoms with Crippen molar-refractivity contribution in [1.29, 1.82) is 0 Å². The predicted molar refractivity (Wildman–Crippen MR) is 148 cm³/mol. The molecule has 0 unspecified atom stereocenters. The number of esters is 3. The maximum atomic E-state index is 11.6. The van der Waals surface area contributed by atoms with E-state index in [1.54, 1.807) is 60.7 Å². The molecule has 4 N–H and O–H groups in total. The number of methoxy groups -OCH3 is 3. The van der Waals surface area contributed by atoms with Gasteiger partial charge in [-0.1, -0.05) is 63.4 Å². The summed E-state index contributed by atoms with van der Waals surface area (Å²) in [6.45, 7) is 0. The minimum absolute atomic E-state index is 0. The summed E-state index contributed by atoms with van der Waals surface area (Å²) < 4.78 is 14.1. The van der Waals surface area contributed by atoms with Gasteiger partial charge >= 0.3 is 42.7 Å². The van der Waals surface area contributed by atoms with Gasteiger partial charge in [0.05, 0.1) is 43.6 Å². The van der Waals surface area contributed by atoms with Crippen LogP contribution in [0.3, 0.4) is 0 Å². The third kappa shape index (κ3) is 8.40. The van der Waals surface area contributed by atoms with E-state index in [1.165, 1.54) is 33.5 Å². The van der Waals surface area contributed by atoms with Gasteiger partial charge in [0.15, 0.2) is 0 Å². The van der Waals surface area contributed by atoms with E-state index in [2.05, 4.69) is 4.74 Å². The first-order valence-corrected chi connectivity index (χ1v) is 10.4. The second-order valence-electron chi connectivity index (χ2n) is 7.19. The Hall–Kier alpha value is -4.20. The van der Waals surface area contributed by atoms with Gasteiger partial charge in [0.2, 0.25) is 0 Å². The number of benzene rings is 4. The van der Waals surface area contributed by atoms with Crippen LogP contribution in [-0.4, -0.2) is 61.3 Å². The average Bonchev–Trinajstić information content (AvgIpc) is 2.90. The van der Waals surface area contributed by atoms with Crippen molar-refractivity contribution < 1.29 is 68.3 Å². The SMILES string of the molecule is C.C.COC(=O)c1ccc(C(=O)O)c2ccccc12.COC(=O)c1ccc(C(=O)OC)c2ccccc12.O.[Li+].[OH-]. The van der Waals surface area contributed by atoms with Gasteiger partial charge in [0.1, 0.15) is 0 Å². The van der Waals surface area contributed by atoms with Crippen LogP contribution in [0, 0.1) is 0 Å². The number of carbonyl (C=O) groups is 4. The van der Waals surface area contributed by atoms with E-state index in [4.69, 9.17) is 14.6 Å². The number of aromatic carboxylic acids is 1. The molecule has 0 aliphatic carbocycles. The summed E-state index contributed by atoms with van der Waals surface area (Å²) in [5.74, 6) is -2.35. The van der Waals surface area contributed by atoms with Crippen molar-refractivity contribution in [3.8, 4) is 0 Å². The monoisotopic (exact) mass is 548 g/mol. The van der Waals surface area contributed by atoms with Crippen molar-refractivity contribution in [2.24, 2.45) is 0 Å². The van der Waals surface area contributed by atoms with Crippen molar-refractivity contribution in [2.75, 3.05) is 21.3 Å². The zero-order chi connectivity index (χ0) is 25.5. The molecular formula is C29H33LiO10. The molecule has 4 aromatic rings. The maximum absolute atomic E-state index is 11.6. The first-order chi connectivity index (χ1) is 16.8.